The highest BCUT2D eigenvalue weighted by atomic mass is 79.9. The second-order valence-corrected chi connectivity index (χ2v) is 9.85. The molecule has 1 amide bonds. The first-order chi connectivity index (χ1) is 13.1. The van der Waals surface area contributed by atoms with E-state index in [0.29, 0.717) is 12.3 Å². The van der Waals surface area contributed by atoms with Crippen LogP contribution in [0.3, 0.4) is 0 Å². The Labute approximate surface area is 179 Å². The minimum atomic E-state index is 0.0677. The van der Waals surface area contributed by atoms with Crippen LogP contribution in [0.2, 0.25) is 0 Å². The molecule has 0 saturated carbocycles. The summed E-state index contributed by atoms with van der Waals surface area (Å²) in [7, 11) is 1.82. The molecule has 0 aliphatic heterocycles. The second-order valence-electron chi connectivity index (χ2n) is 5.76. The average molecular weight is 483 g/mol. The molecule has 0 unspecified atom stereocenters. The van der Waals surface area contributed by atoms with E-state index < -0.39 is 0 Å². The van der Waals surface area contributed by atoms with E-state index in [1.165, 1.54) is 28.0 Å². The Balaban J connectivity index is 1.42. The van der Waals surface area contributed by atoms with Gasteiger partial charge in [-0.2, -0.15) is 0 Å². The van der Waals surface area contributed by atoms with Crippen molar-refractivity contribution in [1.29, 1.82) is 0 Å². The lowest BCUT2D eigenvalue weighted by molar-refractivity contribution is -0.127. The molecule has 0 fully saturated rings. The van der Waals surface area contributed by atoms with E-state index in [1.54, 1.807) is 16.2 Å². The molecule has 3 aromatic rings. The average Bonchev–Trinajstić information content (AvgIpc) is 3.34. The molecule has 1 aromatic carbocycles. The predicted molar refractivity (Wildman–Crippen MR) is 118 cm³/mol. The summed E-state index contributed by atoms with van der Waals surface area (Å²) in [5.41, 5.74) is 1.09. The largest absolute Gasteiger partial charge is 0.360 e. The molecular formula is C18H19BrN4OS3. The Morgan fingerprint density at radius 1 is 1.26 bits per heavy atom. The minimum Gasteiger partial charge on any atom is -0.360 e. The Bertz CT molecular complexity index is 869. The van der Waals surface area contributed by atoms with Crippen molar-refractivity contribution in [2.45, 2.75) is 17.3 Å². The number of anilines is 1. The molecule has 0 radical (unpaired) electrons. The first kappa shape index (κ1) is 20.3. The molecule has 3 rings (SSSR count). The Hall–Kier alpha value is -1.42. The lowest BCUT2D eigenvalue weighted by Crippen LogP contribution is -2.27. The van der Waals surface area contributed by atoms with Crippen molar-refractivity contribution in [1.82, 2.24) is 15.1 Å². The molecule has 0 spiro atoms. The van der Waals surface area contributed by atoms with Crippen LogP contribution in [-0.2, 0) is 17.8 Å². The molecular weight excluding hydrogens is 464 g/mol. The SMILES string of the molecule is CN(Cc1ccccc1Br)C(=O)CSc1nnc(NCCc2cccs2)s1. The number of nitrogens with zero attached hydrogens (tertiary/aromatic N) is 3. The van der Waals surface area contributed by atoms with E-state index in [-0.39, 0.29) is 5.91 Å². The van der Waals surface area contributed by atoms with Crippen molar-refractivity contribution in [3.8, 4) is 0 Å². The van der Waals surface area contributed by atoms with Gasteiger partial charge in [0, 0.05) is 29.5 Å². The number of thioether (sulfide) groups is 1. The Kier molecular flexibility index (Phi) is 7.69. The van der Waals surface area contributed by atoms with Gasteiger partial charge in [0.25, 0.3) is 0 Å². The Morgan fingerprint density at radius 3 is 2.89 bits per heavy atom. The van der Waals surface area contributed by atoms with E-state index in [1.807, 2.05) is 31.3 Å². The van der Waals surface area contributed by atoms with Gasteiger partial charge in [-0.3, -0.25) is 4.79 Å². The van der Waals surface area contributed by atoms with Crippen molar-refractivity contribution < 1.29 is 4.79 Å². The summed E-state index contributed by atoms with van der Waals surface area (Å²) in [6.45, 7) is 1.40. The summed E-state index contributed by atoms with van der Waals surface area (Å²) < 4.78 is 1.82. The first-order valence-corrected chi connectivity index (χ1v) is 11.8. The predicted octanol–water partition coefficient (Wildman–Crippen LogP) is 4.77. The highest BCUT2D eigenvalue weighted by Crippen LogP contribution is 2.26. The minimum absolute atomic E-state index is 0.0677. The number of thiophene rings is 1. The van der Waals surface area contributed by atoms with Crippen molar-refractivity contribution in [2.75, 3.05) is 24.7 Å². The maximum absolute atomic E-state index is 12.4. The fraction of sp³-hybridized carbons (Fsp3) is 0.278. The number of carbonyl (C=O) groups is 1. The first-order valence-electron chi connectivity index (χ1n) is 8.32. The van der Waals surface area contributed by atoms with Crippen LogP contribution in [0, 0.1) is 0 Å². The van der Waals surface area contributed by atoms with Gasteiger partial charge in [-0.15, -0.1) is 21.5 Å². The number of nitrogens with one attached hydrogen (secondary N) is 1. The summed E-state index contributed by atoms with van der Waals surface area (Å²) in [6, 6.07) is 12.1. The van der Waals surface area contributed by atoms with Crippen LogP contribution in [0.1, 0.15) is 10.4 Å². The highest BCUT2D eigenvalue weighted by Gasteiger charge is 2.13. The van der Waals surface area contributed by atoms with E-state index in [9.17, 15) is 4.79 Å². The zero-order chi connectivity index (χ0) is 19.1. The summed E-state index contributed by atoms with van der Waals surface area (Å²) in [5.74, 6) is 0.420. The molecule has 27 heavy (non-hydrogen) atoms. The number of rotatable bonds is 9. The molecule has 2 heterocycles. The molecule has 0 saturated heterocycles. The molecule has 0 atom stereocenters. The molecule has 0 aliphatic rings. The van der Waals surface area contributed by atoms with Crippen molar-refractivity contribution in [3.63, 3.8) is 0 Å². The van der Waals surface area contributed by atoms with Gasteiger partial charge in [0.15, 0.2) is 4.34 Å². The van der Waals surface area contributed by atoms with Crippen LogP contribution >= 0.6 is 50.4 Å². The normalized spacial score (nSPS) is 10.7. The van der Waals surface area contributed by atoms with Crippen LogP contribution in [0.15, 0.2) is 50.6 Å². The van der Waals surface area contributed by atoms with Crippen LogP contribution in [0.4, 0.5) is 5.13 Å². The van der Waals surface area contributed by atoms with E-state index >= 15 is 0 Å². The Morgan fingerprint density at radius 2 is 2.11 bits per heavy atom. The molecule has 142 valence electrons. The molecule has 2 aromatic heterocycles. The van der Waals surface area contributed by atoms with Crippen LogP contribution in [0.25, 0.3) is 0 Å². The summed E-state index contributed by atoms with van der Waals surface area (Å²) in [4.78, 5) is 15.5. The van der Waals surface area contributed by atoms with Gasteiger partial charge < -0.3 is 10.2 Å². The zero-order valence-electron chi connectivity index (χ0n) is 14.7. The number of hydrogen-bond donors (Lipinski definition) is 1. The summed E-state index contributed by atoms with van der Waals surface area (Å²) in [5, 5.41) is 14.5. The maximum Gasteiger partial charge on any atom is 0.233 e. The third kappa shape index (κ3) is 6.31. The zero-order valence-corrected chi connectivity index (χ0v) is 18.8. The van der Waals surface area contributed by atoms with Gasteiger partial charge in [0.1, 0.15) is 0 Å². The molecule has 9 heteroatoms. The van der Waals surface area contributed by atoms with Crippen molar-refractivity contribution in [2.24, 2.45) is 0 Å². The van der Waals surface area contributed by atoms with Crippen molar-refractivity contribution >= 4 is 61.4 Å². The number of aromatic nitrogens is 2. The fourth-order valence-electron chi connectivity index (χ4n) is 2.29. The van der Waals surface area contributed by atoms with Gasteiger partial charge in [0.05, 0.1) is 5.75 Å². The fourth-order valence-corrected chi connectivity index (χ4v) is 5.13. The lowest BCUT2D eigenvalue weighted by Gasteiger charge is -2.17. The van der Waals surface area contributed by atoms with Crippen molar-refractivity contribution in [3.05, 3.63) is 56.7 Å². The number of benzene rings is 1. The summed E-state index contributed by atoms with van der Waals surface area (Å²) in [6.07, 6.45) is 0.970. The van der Waals surface area contributed by atoms with Crippen LogP contribution in [-0.4, -0.2) is 40.3 Å². The third-order valence-electron chi connectivity index (χ3n) is 3.74. The molecule has 5 nitrogen and oxygen atoms in total. The lowest BCUT2D eigenvalue weighted by atomic mass is 10.2. The third-order valence-corrected chi connectivity index (χ3v) is 7.45. The topological polar surface area (TPSA) is 58.1 Å². The number of amides is 1. The van der Waals surface area contributed by atoms with Crippen LogP contribution < -0.4 is 5.32 Å². The van der Waals surface area contributed by atoms with E-state index in [0.717, 1.165) is 32.5 Å². The monoisotopic (exact) mass is 482 g/mol. The summed E-state index contributed by atoms with van der Waals surface area (Å²) >= 11 is 8.19. The molecule has 0 aliphatic carbocycles. The number of hydrogen-bond acceptors (Lipinski definition) is 7. The van der Waals surface area contributed by atoms with Gasteiger partial charge in [-0.05, 0) is 29.5 Å². The number of halogens is 1. The molecule has 0 bridgehead atoms. The van der Waals surface area contributed by atoms with Gasteiger partial charge in [-0.25, -0.2) is 0 Å². The van der Waals surface area contributed by atoms with E-state index in [2.05, 4.69) is 49.0 Å². The molecule has 1 N–H and O–H groups in total. The van der Waals surface area contributed by atoms with Crippen LogP contribution in [0.5, 0.6) is 0 Å². The smallest absolute Gasteiger partial charge is 0.233 e. The maximum atomic E-state index is 12.4. The van der Waals surface area contributed by atoms with E-state index in [4.69, 9.17) is 0 Å². The number of carbonyl (C=O) groups excluding carboxylic acids is 1. The second kappa shape index (κ2) is 10.2. The highest BCUT2D eigenvalue weighted by molar-refractivity contribution is 9.10. The van der Waals surface area contributed by atoms with Gasteiger partial charge >= 0.3 is 0 Å². The quantitative estimate of drug-likeness (QED) is 0.445. The van der Waals surface area contributed by atoms with Gasteiger partial charge in [-0.1, -0.05) is 63.3 Å². The standard InChI is InChI=1S/C18H19BrN4OS3/c1-23(11-13-5-2-3-7-15(13)19)16(24)12-26-18-22-21-17(27-18)20-9-8-14-6-4-10-25-14/h2-7,10H,8-9,11-12H2,1H3,(H,20,21). The van der Waals surface area contributed by atoms with Gasteiger partial charge in [0.2, 0.25) is 11.0 Å².